The van der Waals surface area contributed by atoms with Crippen LogP contribution in [-0.4, -0.2) is 57.9 Å². The quantitative estimate of drug-likeness (QED) is 0.346. The SMILES string of the molecule is CN(O)C(=O)CCCCSC[C@H]1[C@@H](CSC2CCCC2)[C@H]2CC[C@@H]1O2. The maximum Gasteiger partial charge on any atom is 0.245 e. The molecule has 0 aromatic heterocycles. The minimum Gasteiger partial charge on any atom is -0.374 e. The van der Waals surface area contributed by atoms with Crippen molar-refractivity contribution in [1.29, 1.82) is 0 Å². The average molecular weight is 388 g/mol. The van der Waals surface area contributed by atoms with Crippen molar-refractivity contribution in [3.05, 3.63) is 0 Å². The van der Waals surface area contributed by atoms with Crippen molar-refractivity contribution in [3.63, 3.8) is 0 Å². The molecule has 3 aliphatic rings. The van der Waals surface area contributed by atoms with Gasteiger partial charge in [0.05, 0.1) is 12.2 Å². The van der Waals surface area contributed by atoms with Crippen molar-refractivity contribution < 1.29 is 14.7 Å². The van der Waals surface area contributed by atoms with E-state index in [0.29, 0.717) is 23.7 Å². The standard InChI is InChI=1S/C19H33NO3S2/c1-20(22)19(21)8-4-5-11-24-12-15-16(18-10-9-17(15)23-18)13-25-14-6-2-3-7-14/h14-18,22H,2-13H2,1H3/t15-,16+,17-,18+/m0/s1. The zero-order valence-corrected chi connectivity index (χ0v) is 17.0. The molecule has 1 saturated carbocycles. The highest BCUT2D eigenvalue weighted by Crippen LogP contribution is 2.47. The fraction of sp³-hybridized carbons (Fsp3) is 0.947. The number of hydrogen-bond acceptors (Lipinski definition) is 5. The molecule has 0 aromatic carbocycles. The lowest BCUT2D eigenvalue weighted by Gasteiger charge is -2.28. The fourth-order valence-electron chi connectivity index (χ4n) is 4.50. The summed E-state index contributed by atoms with van der Waals surface area (Å²) < 4.78 is 6.24. The molecule has 4 nitrogen and oxygen atoms in total. The first-order chi connectivity index (χ1) is 12.1. The summed E-state index contributed by atoms with van der Waals surface area (Å²) in [7, 11) is 1.40. The number of unbranched alkanes of at least 4 members (excludes halogenated alkanes) is 1. The lowest BCUT2D eigenvalue weighted by atomic mass is 9.81. The van der Waals surface area contributed by atoms with Gasteiger partial charge in [-0.25, -0.2) is 5.06 Å². The third-order valence-electron chi connectivity index (χ3n) is 6.02. The molecule has 4 atom stereocenters. The second kappa shape index (κ2) is 9.86. The second-order valence-electron chi connectivity index (χ2n) is 7.81. The number of rotatable bonds is 10. The number of carbonyl (C=O) groups excluding carboxylic acids is 1. The molecule has 2 aliphatic heterocycles. The second-order valence-corrected chi connectivity index (χ2v) is 10.3. The Labute approximate surface area is 160 Å². The van der Waals surface area contributed by atoms with Crippen LogP contribution in [0.3, 0.4) is 0 Å². The van der Waals surface area contributed by atoms with Crippen molar-refractivity contribution in [2.75, 3.05) is 24.3 Å². The van der Waals surface area contributed by atoms with Gasteiger partial charge >= 0.3 is 0 Å². The Morgan fingerprint density at radius 2 is 1.76 bits per heavy atom. The van der Waals surface area contributed by atoms with Gasteiger partial charge in [0, 0.05) is 30.6 Å². The van der Waals surface area contributed by atoms with Crippen LogP contribution < -0.4 is 0 Å². The molecule has 2 bridgehead atoms. The van der Waals surface area contributed by atoms with Gasteiger partial charge in [0.25, 0.3) is 0 Å². The van der Waals surface area contributed by atoms with E-state index in [4.69, 9.17) is 9.94 Å². The van der Waals surface area contributed by atoms with E-state index >= 15 is 0 Å². The van der Waals surface area contributed by atoms with E-state index in [1.807, 2.05) is 11.8 Å². The monoisotopic (exact) mass is 387 g/mol. The minimum atomic E-state index is -0.185. The van der Waals surface area contributed by atoms with Crippen LogP contribution in [0.15, 0.2) is 0 Å². The molecule has 0 aromatic rings. The third kappa shape index (κ3) is 5.53. The van der Waals surface area contributed by atoms with Gasteiger partial charge in [-0.3, -0.25) is 10.0 Å². The van der Waals surface area contributed by atoms with Crippen LogP contribution in [-0.2, 0) is 9.53 Å². The van der Waals surface area contributed by atoms with Gasteiger partial charge in [-0.2, -0.15) is 23.5 Å². The largest absolute Gasteiger partial charge is 0.374 e. The van der Waals surface area contributed by atoms with E-state index in [1.165, 1.54) is 57.1 Å². The summed E-state index contributed by atoms with van der Waals surface area (Å²) in [5, 5.41) is 10.7. The van der Waals surface area contributed by atoms with Crippen LogP contribution in [0.1, 0.15) is 57.8 Å². The Bertz CT molecular complexity index is 429. The number of hydroxylamine groups is 2. The lowest BCUT2D eigenvalue weighted by molar-refractivity contribution is -0.159. The van der Waals surface area contributed by atoms with E-state index in [2.05, 4.69) is 11.8 Å². The van der Waals surface area contributed by atoms with Crippen LogP contribution in [0.2, 0.25) is 0 Å². The molecule has 1 N–H and O–H groups in total. The zero-order chi connectivity index (χ0) is 17.6. The molecule has 0 radical (unpaired) electrons. The van der Waals surface area contributed by atoms with E-state index in [0.717, 1.165) is 35.7 Å². The molecule has 144 valence electrons. The molecular formula is C19H33NO3S2. The van der Waals surface area contributed by atoms with Crippen LogP contribution in [0, 0.1) is 11.8 Å². The zero-order valence-electron chi connectivity index (χ0n) is 15.4. The summed E-state index contributed by atoms with van der Waals surface area (Å²) in [6.07, 6.45) is 11.7. The molecule has 1 amide bonds. The van der Waals surface area contributed by atoms with E-state index in [9.17, 15) is 4.79 Å². The van der Waals surface area contributed by atoms with E-state index in [-0.39, 0.29) is 5.91 Å². The molecule has 3 fully saturated rings. The van der Waals surface area contributed by atoms with Gasteiger partial charge in [-0.1, -0.05) is 12.8 Å². The molecule has 0 spiro atoms. The predicted octanol–water partition coefficient (Wildman–Crippen LogP) is 4.21. The van der Waals surface area contributed by atoms with Gasteiger partial charge in [-0.05, 0) is 55.8 Å². The number of amides is 1. The number of hydrogen-bond donors (Lipinski definition) is 1. The number of ether oxygens (including phenoxy) is 1. The molecule has 1 aliphatic carbocycles. The van der Waals surface area contributed by atoms with E-state index < -0.39 is 0 Å². The minimum absolute atomic E-state index is 0.185. The Morgan fingerprint density at radius 1 is 1.08 bits per heavy atom. The summed E-state index contributed by atoms with van der Waals surface area (Å²) in [6.45, 7) is 0. The Balaban J connectivity index is 1.33. The lowest BCUT2D eigenvalue weighted by Crippen LogP contribution is -2.31. The maximum atomic E-state index is 11.3. The number of nitrogens with zero attached hydrogens (tertiary/aromatic N) is 1. The highest BCUT2D eigenvalue weighted by molar-refractivity contribution is 8.00. The normalized spacial score (nSPS) is 31.8. The molecule has 2 saturated heterocycles. The summed E-state index contributed by atoms with van der Waals surface area (Å²) >= 11 is 4.26. The van der Waals surface area contributed by atoms with Crippen molar-refractivity contribution in [1.82, 2.24) is 5.06 Å². The summed E-state index contributed by atoms with van der Waals surface area (Å²) in [5.41, 5.74) is 0. The first-order valence-corrected chi connectivity index (χ1v) is 12.2. The number of fused-ring (bicyclic) bond motifs is 2. The van der Waals surface area contributed by atoms with Gasteiger partial charge in [0.1, 0.15) is 0 Å². The van der Waals surface area contributed by atoms with Crippen molar-refractivity contribution in [2.45, 2.75) is 75.2 Å². The molecule has 3 rings (SSSR count). The Hall–Kier alpha value is 0.0900. The predicted molar refractivity (Wildman–Crippen MR) is 105 cm³/mol. The maximum absolute atomic E-state index is 11.3. The van der Waals surface area contributed by atoms with Gasteiger partial charge in [0.15, 0.2) is 0 Å². The molecule has 0 unspecified atom stereocenters. The number of thioether (sulfide) groups is 2. The third-order valence-corrected chi connectivity index (χ3v) is 8.74. The highest BCUT2D eigenvalue weighted by atomic mass is 32.2. The van der Waals surface area contributed by atoms with Gasteiger partial charge in [0.2, 0.25) is 5.91 Å². The van der Waals surface area contributed by atoms with Crippen molar-refractivity contribution in [2.24, 2.45) is 11.8 Å². The molecule has 6 heteroatoms. The summed E-state index contributed by atoms with van der Waals surface area (Å²) in [6, 6.07) is 0. The highest BCUT2D eigenvalue weighted by Gasteiger charge is 2.48. The summed E-state index contributed by atoms with van der Waals surface area (Å²) in [4.78, 5) is 11.3. The first-order valence-electron chi connectivity index (χ1n) is 9.95. The molecule has 2 heterocycles. The number of carbonyl (C=O) groups is 1. The van der Waals surface area contributed by atoms with Crippen LogP contribution >= 0.6 is 23.5 Å². The van der Waals surface area contributed by atoms with Crippen LogP contribution in [0.25, 0.3) is 0 Å². The average Bonchev–Trinajstić information content (AvgIpc) is 3.33. The van der Waals surface area contributed by atoms with Gasteiger partial charge in [-0.15, -0.1) is 0 Å². The summed E-state index contributed by atoms with van der Waals surface area (Å²) in [5.74, 6) is 4.94. The van der Waals surface area contributed by atoms with Gasteiger partial charge < -0.3 is 4.74 Å². The fourth-order valence-corrected chi connectivity index (χ4v) is 7.43. The molecule has 25 heavy (non-hydrogen) atoms. The smallest absolute Gasteiger partial charge is 0.245 e. The van der Waals surface area contributed by atoms with E-state index in [1.54, 1.807) is 0 Å². The van der Waals surface area contributed by atoms with Crippen LogP contribution in [0.4, 0.5) is 0 Å². The Morgan fingerprint density at radius 3 is 2.44 bits per heavy atom. The van der Waals surface area contributed by atoms with Crippen LogP contribution in [0.5, 0.6) is 0 Å². The molecular weight excluding hydrogens is 354 g/mol. The topological polar surface area (TPSA) is 49.8 Å². The van der Waals surface area contributed by atoms with Crippen molar-refractivity contribution in [3.8, 4) is 0 Å². The first kappa shape index (κ1) is 19.8. The Kier molecular flexibility index (Phi) is 7.83. The van der Waals surface area contributed by atoms with Crippen molar-refractivity contribution >= 4 is 29.4 Å².